The lowest BCUT2D eigenvalue weighted by Crippen LogP contribution is -2.36. The van der Waals surface area contributed by atoms with E-state index in [4.69, 9.17) is 9.84 Å². The van der Waals surface area contributed by atoms with Gasteiger partial charge in [0.05, 0.1) is 6.42 Å². The van der Waals surface area contributed by atoms with Crippen LogP contribution in [-0.4, -0.2) is 41.6 Å². The largest absolute Gasteiger partial charge is 0.483 e. The molecule has 114 valence electrons. The van der Waals surface area contributed by atoms with Gasteiger partial charge in [-0.05, 0) is 31.0 Å². The van der Waals surface area contributed by atoms with Crippen molar-refractivity contribution in [1.82, 2.24) is 4.90 Å². The average Bonchev–Trinajstić information content (AvgIpc) is 2.44. The number of ether oxygens (including phenoxy) is 1. The van der Waals surface area contributed by atoms with E-state index < -0.39 is 5.97 Å². The van der Waals surface area contributed by atoms with Gasteiger partial charge in [-0.25, -0.2) is 0 Å². The van der Waals surface area contributed by atoms with Crippen molar-refractivity contribution in [3.63, 3.8) is 0 Å². The normalized spacial score (nSPS) is 10.0. The molecule has 5 nitrogen and oxygen atoms in total. The zero-order valence-electron chi connectivity index (χ0n) is 12.5. The summed E-state index contributed by atoms with van der Waals surface area (Å²) in [6, 6.07) is 5.65. The first-order chi connectivity index (χ1) is 9.95. The van der Waals surface area contributed by atoms with E-state index in [-0.39, 0.29) is 25.5 Å². The van der Waals surface area contributed by atoms with Crippen molar-refractivity contribution in [1.29, 1.82) is 0 Å². The van der Waals surface area contributed by atoms with Gasteiger partial charge in [-0.3, -0.25) is 9.59 Å². The number of aliphatic carboxylic acids is 1. The number of nitrogens with zero attached hydrogens (tertiary/aromatic N) is 1. The van der Waals surface area contributed by atoms with E-state index in [0.29, 0.717) is 12.3 Å². The molecule has 1 amide bonds. The van der Waals surface area contributed by atoms with E-state index in [2.05, 4.69) is 6.58 Å². The molecule has 0 radical (unpaired) electrons. The minimum absolute atomic E-state index is 0.0942. The second kappa shape index (κ2) is 8.09. The highest BCUT2D eigenvalue weighted by Gasteiger charge is 2.14. The van der Waals surface area contributed by atoms with Crippen molar-refractivity contribution in [2.24, 2.45) is 0 Å². The Kier molecular flexibility index (Phi) is 6.46. The minimum Gasteiger partial charge on any atom is -0.483 e. The molecule has 0 unspecified atom stereocenters. The molecule has 0 aromatic heterocycles. The molecule has 21 heavy (non-hydrogen) atoms. The number of aryl methyl sites for hydroxylation is 1. The van der Waals surface area contributed by atoms with Crippen molar-refractivity contribution >= 4 is 11.9 Å². The van der Waals surface area contributed by atoms with Gasteiger partial charge < -0.3 is 14.7 Å². The number of carboxylic acids is 1. The number of carboxylic acid groups (broad SMARTS) is 1. The van der Waals surface area contributed by atoms with Gasteiger partial charge in [-0.2, -0.15) is 0 Å². The number of amides is 1. The molecular weight excluding hydrogens is 270 g/mol. The molecule has 5 heteroatoms. The standard InChI is InChI=1S/C16H21NO4/c1-4-9-17(10-8-16(19)20)15(18)11-21-14-7-5-6-12(2)13(14)3/h4-7H,1,8-11H2,2-3H3,(H,19,20). The fourth-order valence-electron chi connectivity index (χ4n) is 1.82. The number of carbonyl (C=O) groups is 2. The van der Waals surface area contributed by atoms with Crippen LogP contribution in [-0.2, 0) is 9.59 Å². The Labute approximate surface area is 124 Å². The van der Waals surface area contributed by atoms with Crippen molar-refractivity contribution in [3.8, 4) is 5.75 Å². The second-order valence-electron chi connectivity index (χ2n) is 4.76. The first-order valence-corrected chi connectivity index (χ1v) is 6.75. The first kappa shape index (κ1) is 16.8. The molecule has 1 N–H and O–H groups in total. The fraction of sp³-hybridized carbons (Fsp3) is 0.375. The number of rotatable bonds is 8. The summed E-state index contributed by atoms with van der Waals surface area (Å²) in [5.74, 6) is -0.524. The fourth-order valence-corrected chi connectivity index (χ4v) is 1.82. The van der Waals surface area contributed by atoms with E-state index in [9.17, 15) is 9.59 Å². The van der Waals surface area contributed by atoms with Crippen LogP contribution in [0.2, 0.25) is 0 Å². The Morgan fingerprint density at radius 3 is 2.71 bits per heavy atom. The molecule has 0 heterocycles. The van der Waals surface area contributed by atoms with Crippen LogP contribution in [0.5, 0.6) is 5.75 Å². The highest BCUT2D eigenvalue weighted by molar-refractivity contribution is 5.78. The van der Waals surface area contributed by atoms with E-state index in [1.165, 1.54) is 4.90 Å². The van der Waals surface area contributed by atoms with Crippen molar-refractivity contribution < 1.29 is 19.4 Å². The molecule has 0 saturated heterocycles. The summed E-state index contributed by atoms with van der Waals surface area (Å²) in [5, 5.41) is 8.69. The van der Waals surface area contributed by atoms with Gasteiger partial charge in [0.25, 0.3) is 5.91 Å². The highest BCUT2D eigenvalue weighted by Crippen LogP contribution is 2.20. The molecule has 0 aliphatic rings. The predicted molar refractivity (Wildman–Crippen MR) is 80.4 cm³/mol. The Balaban J connectivity index is 2.62. The van der Waals surface area contributed by atoms with Gasteiger partial charge in [-0.15, -0.1) is 6.58 Å². The van der Waals surface area contributed by atoms with Crippen LogP contribution in [0.4, 0.5) is 0 Å². The molecule has 0 atom stereocenters. The average molecular weight is 291 g/mol. The van der Waals surface area contributed by atoms with Gasteiger partial charge in [0.1, 0.15) is 5.75 Å². The summed E-state index contributed by atoms with van der Waals surface area (Å²) in [6.07, 6.45) is 1.47. The summed E-state index contributed by atoms with van der Waals surface area (Å²) in [7, 11) is 0. The first-order valence-electron chi connectivity index (χ1n) is 6.75. The third kappa shape index (κ3) is 5.30. The third-order valence-electron chi connectivity index (χ3n) is 3.20. The molecule has 0 bridgehead atoms. The maximum absolute atomic E-state index is 12.1. The van der Waals surface area contributed by atoms with Crippen LogP contribution in [0.15, 0.2) is 30.9 Å². The molecule has 1 aromatic rings. The zero-order chi connectivity index (χ0) is 15.8. The number of hydrogen-bond acceptors (Lipinski definition) is 3. The Morgan fingerprint density at radius 1 is 1.38 bits per heavy atom. The van der Waals surface area contributed by atoms with Crippen LogP contribution < -0.4 is 4.74 Å². The molecule has 0 fully saturated rings. The highest BCUT2D eigenvalue weighted by atomic mass is 16.5. The van der Waals surface area contributed by atoms with E-state index in [1.807, 2.05) is 32.0 Å². The van der Waals surface area contributed by atoms with Gasteiger partial charge >= 0.3 is 5.97 Å². The summed E-state index contributed by atoms with van der Waals surface area (Å²) < 4.78 is 5.54. The predicted octanol–water partition coefficient (Wildman–Crippen LogP) is 2.17. The third-order valence-corrected chi connectivity index (χ3v) is 3.20. The number of carbonyl (C=O) groups excluding carboxylic acids is 1. The maximum Gasteiger partial charge on any atom is 0.305 e. The smallest absolute Gasteiger partial charge is 0.305 e. The molecule has 1 rings (SSSR count). The maximum atomic E-state index is 12.1. The van der Waals surface area contributed by atoms with Gasteiger partial charge in [0, 0.05) is 13.1 Å². The van der Waals surface area contributed by atoms with Crippen molar-refractivity contribution in [2.75, 3.05) is 19.7 Å². The van der Waals surface area contributed by atoms with Crippen LogP contribution >= 0.6 is 0 Å². The van der Waals surface area contributed by atoms with Crippen LogP contribution in [0, 0.1) is 13.8 Å². The van der Waals surface area contributed by atoms with Crippen molar-refractivity contribution in [2.45, 2.75) is 20.3 Å². The van der Waals surface area contributed by atoms with Gasteiger partial charge in [0.15, 0.2) is 6.61 Å². The van der Waals surface area contributed by atoms with Crippen LogP contribution in [0.1, 0.15) is 17.5 Å². The zero-order valence-corrected chi connectivity index (χ0v) is 12.5. The van der Waals surface area contributed by atoms with Crippen LogP contribution in [0.25, 0.3) is 0 Å². The Bertz CT molecular complexity index is 525. The summed E-state index contributed by atoms with van der Waals surface area (Å²) >= 11 is 0. The summed E-state index contributed by atoms with van der Waals surface area (Å²) in [5.41, 5.74) is 2.08. The topological polar surface area (TPSA) is 66.8 Å². The number of hydrogen-bond donors (Lipinski definition) is 1. The van der Waals surface area contributed by atoms with Gasteiger partial charge in [-0.1, -0.05) is 18.2 Å². The lowest BCUT2D eigenvalue weighted by molar-refractivity contribution is -0.138. The quantitative estimate of drug-likeness (QED) is 0.745. The molecular formula is C16H21NO4. The van der Waals surface area contributed by atoms with Crippen LogP contribution in [0.3, 0.4) is 0 Å². The second-order valence-corrected chi connectivity index (χ2v) is 4.76. The summed E-state index contributed by atoms with van der Waals surface area (Å²) in [6.45, 7) is 7.82. The van der Waals surface area contributed by atoms with Crippen molar-refractivity contribution in [3.05, 3.63) is 42.0 Å². The molecule has 1 aromatic carbocycles. The molecule has 0 aliphatic carbocycles. The van der Waals surface area contributed by atoms with E-state index >= 15 is 0 Å². The lowest BCUT2D eigenvalue weighted by atomic mass is 10.1. The Morgan fingerprint density at radius 2 is 2.10 bits per heavy atom. The molecule has 0 saturated carbocycles. The monoisotopic (exact) mass is 291 g/mol. The number of benzene rings is 1. The molecule has 0 aliphatic heterocycles. The SMILES string of the molecule is C=CCN(CCC(=O)O)C(=O)COc1cccc(C)c1C. The Hall–Kier alpha value is -2.30. The summed E-state index contributed by atoms with van der Waals surface area (Å²) in [4.78, 5) is 24.1. The van der Waals surface area contributed by atoms with E-state index in [0.717, 1.165) is 11.1 Å². The van der Waals surface area contributed by atoms with E-state index in [1.54, 1.807) is 6.08 Å². The molecule has 0 spiro atoms. The lowest BCUT2D eigenvalue weighted by Gasteiger charge is -2.20. The van der Waals surface area contributed by atoms with Gasteiger partial charge in [0.2, 0.25) is 0 Å². The minimum atomic E-state index is -0.938.